The van der Waals surface area contributed by atoms with Crippen LogP contribution in [0.1, 0.15) is 59.1 Å². The highest BCUT2D eigenvalue weighted by molar-refractivity contribution is 7.15. The number of benzene rings is 1. The number of carbonyl (C=O) groups excluding carboxylic acids is 2. The number of amides is 1. The summed E-state index contributed by atoms with van der Waals surface area (Å²) >= 11 is 1.53. The Labute approximate surface area is 182 Å². The maximum absolute atomic E-state index is 12.6. The average molecular weight is 430 g/mol. The average Bonchev–Trinajstić information content (AvgIpc) is 3.06. The third kappa shape index (κ3) is 5.89. The van der Waals surface area contributed by atoms with Gasteiger partial charge in [0.15, 0.2) is 10.9 Å². The summed E-state index contributed by atoms with van der Waals surface area (Å²) in [6.45, 7) is 9.34. The van der Waals surface area contributed by atoms with Crippen molar-refractivity contribution in [1.29, 1.82) is 0 Å². The van der Waals surface area contributed by atoms with Gasteiger partial charge < -0.3 is 10.1 Å². The van der Waals surface area contributed by atoms with Crippen molar-refractivity contribution in [1.82, 2.24) is 9.88 Å². The number of nitrogens with one attached hydrogen (secondary N) is 1. The fourth-order valence-corrected chi connectivity index (χ4v) is 4.66. The number of aryl methyl sites for hydroxylation is 2. The highest BCUT2D eigenvalue weighted by atomic mass is 32.1. The molecule has 0 bridgehead atoms. The van der Waals surface area contributed by atoms with Crippen LogP contribution < -0.4 is 10.1 Å². The van der Waals surface area contributed by atoms with Crippen LogP contribution in [0.25, 0.3) is 0 Å². The quantitative estimate of drug-likeness (QED) is 0.621. The molecule has 1 N–H and O–H groups in total. The van der Waals surface area contributed by atoms with E-state index in [4.69, 9.17) is 4.74 Å². The molecule has 1 aromatic heterocycles. The minimum absolute atomic E-state index is 0.0963. The molecule has 0 radical (unpaired) electrons. The van der Waals surface area contributed by atoms with E-state index in [9.17, 15) is 9.59 Å². The molecule has 0 spiro atoms. The standard InChI is InChI=1S/C23H31N3O3S/c1-15-9-11-26(12-10-15)14-21-17(3)24-23(30-21)25-22(28)8-6-19(27)18-13-16(2)5-7-20(18)29-4/h5,7,13,15H,6,8-12,14H2,1-4H3,(H,24,25,28). The van der Waals surface area contributed by atoms with Crippen molar-refractivity contribution in [2.24, 2.45) is 5.92 Å². The van der Waals surface area contributed by atoms with Crippen molar-refractivity contribution in [3.63, 3.8) is 0 Å². The fraction of sp³-hybridized carbons (Fsp3) is 0.522. The maximum Gasteiger partial charge on any atom is 0.226 e. The van der Waals surface area contributed by atoms with Crippen molar-refractivity contribution < 1.29 is 14.3 Å². The Kier molecular flexibility index (Phi) is 7.61. The first-order valence-electron chi connectivity index (χ1n) is 10.5. The minimum Gasteiger partial charge on any atom is -0.496 e. The number of carbonyl (C=O) groups is 2. The molecule has 1 fully saturated rings. The van der Waals surface area contributed by atoms with Crippen molar-refractivity contribution in [3.8, 4) is 5.75 Å². The number of aromatic nitrogens is 1. The Bertz CT molecular complexity index is 901. The molecule has 1 aliphatic heterocycles. The third-order valence-electron chi connectivity index (χ3n) is 5.62. The lowest BCUT2D eigenvalue weighted by Crippen LogP contribution is -2.32. The number of methoxy groups -OCH3 is 1. The van der Waals surface area contributed by atoms with E-state index in [0.717, 1.165) is 36.8 Å². The van der Waals surface area contributed by atoms with Gasteiger partial charge in [0.05, 0.1) is 18.4 Å². The van der Waals surface area contributed by atoms with Gasteiger partial charge in [0.2, 0.25) is 5.91 Å². The number of rotatable bonds is 8. The molecular weight excluding hydrogens is 398 g/mol. The van der Waals surface area contributed by atoms with Crippen LogP contribution in [0.3, 0.4) is 0 Å². The van der Waals surface area contributed by atoms with Crippen LogP contribution in [0.5, 0.6) is 5.75 Å². The summed E-state index contributed by atoms with van der Waals surface area (Å²) in [7, 11) is 1.54. The number of anilines is 1. The Morgan fingerprint density at radius 3 is 2.67 bits per heavy atom. The van der Waals surface area contributed by atoms with Gasteiger partial charge in [0.25, 0.3) is 0 Å². The van der Waals surface area contributed by atoms with Crippen molar-refractivity contribution >= 4 is 28.2 Å². The first-order valence-corrected chi connectivity index (χ1v) is 11.3. The largest absolute Gasteiger partial charge is 0.496 e. The zero-order chi connectivity index (χ0) is 21.7. The first-order chi connectivity index (χ1) is 14.4. The SMILES string of the molecule is COc1ccc(C)cc1C(=O)CCC(=O)Nc1nc(C)c(CN2CCC(C)CC2)s1. The van der Waals surface area contributed by atoms with Gasteiger partial charge in [-0.3, -0.25) is 14.5 Å². The second-order valence-electron chi connectivity index (χ2n) is 8.16. The van der Waals surface area contributed by atoms with Crippen LogP contribution in [0.4, 0.5) is 5.13 Å². The molecule has 2 aromatic rings. The Morgan fingerprint density at radius 1 is 1.23 bits per heavy atom. The van der Waals surface area contributed by atoms with Crippen LogP contribution in [0.2, 0.25) is 0 Å². The molecule has 1 saturated heterocycles. The molecule has 0 atom stereocenters. The molecule has 3 rings (SSSR count). The van der Waals surface area contributed by atoms with E-state index < -0.39 is 0 Å². The van der Waals surface area contributed by atoms with Crippen molar-refractivity contribution in [3.05, 3.63) is 39.9 Å². The summed E-state index contributed by atoms with van der Waals surface area (Å²) < 4.78 is 5.27. The number of hydrogen-bond acceptors (Lipinski definition) is 6. The fourth-order valence-electron chi connectivity index (χ4n) is 3.63. The van der Waals surface area contributed by atoms with Gasteiger partial charge in [-0.05, 0) is 57.8 Å². The summed E-state index contributed by atoms with van der Waals surface area (Å²) in [6.07, 6.45) is 2.73. The van der Waals surface area contributed by atoms with Gasteiger partial charge in [-0.1, -0.05) is 18.6 Å². The van der Waals surface area contributed by atoms with Gasteiger partial charge in [0.1, 0.15) is 5.75 Å². The highest BCUT2D eigenvalue weighted by Crippen LogP contribution is 2.27. The monoisotopic (exact) mass is 429 g/mol. The van der Waals surface area contributed by atoms with E-state index in [1.807, 2.05) is 19.9 Å². The Balaban J connectivity index is 1.53. The predicted molar refractivity (Wildman–Crippen MR) is 120 cm³/mol. The number of piperidine rings is 1. The van der Waals surface area contributed by atoms with Gasteiger partial charge in [-0.15, -0.1) is 11.3 Å². The normalized spacial score (nSPS) is 15.2. The van der Waals surface area contributed by atoms with Gasteiger partial charge in [0, 0.05) is 24.3 Å². The summed E-state index contributed by atoms with van der Waals surface area (Å²) in [6, 6.07) is 5.48. The van der Waals surface area contributed by atoms with E-state index in [0.29, 0.717) is 16.4 Å². The molecule has 0 aliphatic carbocycles. The second-order valence-corrected chi connectivity index (χ2v) is 9.24. The van der Waals surface area contributed by atoms with Crippen LogP contribution in [-0.4, -0.2) is 41.8 Å². The number of likely N-dealkylation sites (tertiary alicyclic amines) is 1. The number of nitrogens with zero attached hydrogens (tertiary/aromatic N) is 2. The molecule has 0 saturated carbocycles. The number of ether oxygens (including phenoxy) is 1. The molecule has 30 heavy (non-hydrogen) atoms. The van der Waals surface area contributed by atoms with E-state index in [2.05, 4.69) is 22.1 Å². The lowest BCUT2D eigenvalue weighted by molar-refractivity contribution is -0.116. The van der Waals surface area contributed by atoms with Gasteiger partial charge in [-0.2, -0.15) is 0 Å². The maximum atomic E-state index is 12.6. The molecule has 0 unspecified atom stereocenters. The van der Waals surface area contributed by atoms with Gasteiger partial charge in [-0.25, -0.2) is 4.98 Å². The number of hydrogen-bond donors (Lipinski definition) is 1. The molecule has 1 aliphatic rings. The van der Waals surface area contributed by atoms with Crippen LogP contribution in [0, 0.1) is 19.8 Å². The zero-order valence-electron chi connectivity index (χ0n) is 18.3. The summed E-state index contributed by atoms with van der Waals surface area (Å²) in [5.74, 6) is 1.06. The highest BCUT2D eigenvalue weighted by Gasteiger charge is 2.19. The molecule has 6 nitrogen and oxygen atoms in total. The molecule has 1 aromatic carbocycles. The van der Waals surface area contributed by atoms with Crippen LogP contribution in [0.15, 0.2) is 18.2 Å². The molecule has 162 valence electrons. The second kappa shape index (κ2) is 10.2. The molecule has 2 heterocycles. The minimum atomic E-state index is -0.193. The Morgan fingerprint density at radius 2 is 1.97 bits per heavy atom. The lowest BCUT2D eigenvalue weighted by atomic mass is 9.99. The van der Waals surface area contributed by atoms with Crippen molar-refractivity contribution in [2.75, 3.05) is 25.5 Å². The Hall–Kier alpha value is -2.25. The molecule has 7 heteroatoms. The third-order valence-corrected chi connectivity index (χ3v) is 6.67. The summed E-state index contributed by atoms with van der Waals surface area (Å²) in [4.78, 5) is 33.1. The molecule has 1 amide bonds. The van der Waals surface area contributed by atoms with Crippen molar-refractivity contribution in [2.45, 2.75) is 53.0 Å². The summed E-state index contributed by atoms with van der Waals surface area (Å²) in [5, 5.41) is 3.47. The topological polar surface area (TPSA) is 71.5 Å². The molecular formula is C23H31N3O3S. The smallest absolute Gasteiger partial charge is 0.226 e. The summed E-state index contributed by atoms with van der Waals surface area (Å²) in [5.41, 5.74) is 2.47. The van der Waals surface area contributed by atoms with Crippen LogP contribution in [-0.2, 0) is 11.3 Å². The lowest BCUT2D eigenvalue weighted by Gasteiger charge is -2.29. The van der Waals surface area contributed by atoms with E-state index in [1.165, 1.54) is 29.1 Å². The number of Topliss-reactive ketones (excluding diaryl/α,β-unsaturated/α-hetero) is 1. The number of thiazole rings is 1. The van der Waals surface area contributed by atoms with Crippen LogP contribution >= 0.6 is 11.3 Å². The zero-order valence-corrected chi connectivity index (χ0v) is 19.1. The van der Waals surface area contributed by atoms with E-state index >= 15 is 0 Å². The first kappa shape index (κ1) is 22.4. The van der Waals surface area contributed by atoms with Gasteiger partial charge >= 0.3 is 0 Å². The van der Waals surface area contributed by atoms with E-state index in [1.54, 1.807) is 19.2 Å². The van der Waals surface area contributed by atoms with E-state index in [-0.39, 0.29) is 24.5 Å². The number of ketones is 1. The predicted octanol–water partition coefficient (Wildman–Crippen LogP) is 4.60.